The molecule has 1 aliphatic heterocycles. The highest BCUT2D eigenvalue weighted by atomic mass is 16.1. The molecule has 2 heterocycles. The number of nitrogens with zero attached hydrogens (tertiary/aromatic N) is 3. The number of carbonyl (C=O) groups excluding carboxylic acids is 1. The summed E-state index contributed by atoms with van der Waals surface area (Å²) in [6, 6.07) is 12.5. The second-order valence-electron chi connectivity index (χ2n) is 7.07. The zero-order valence-corrected chi connectivity index (χ0v) is 15.2. The van der Waals surface area contributed by atoms with E-state index in [0.29, 0.717) is 0 Å². The second kappa shape index (κ2) is 7.64. The van der Waals surface area contributed by atoms with Crippen molar-refractivity contribution < 1.29 is 4.79 Å². The summed E-state index contributed by atoms with van der Waals surface area (Å²) >= 11 is 0. The largest absolute Gasteiger partial charge is 0.355 e. The van der Waals surface area contributed by atoms with E-state index in [0.717, 1.165) is 43.0 Å². The molecule has 25 heavy (non-hydrogen) atoms. The van der Waals surface area contributed by atoms with Crippen molar-refractivity contribution in [3.05, 3.63) is 42.0 Å². The number of piperidine rings is 1. The molecule has 1 aliphatic rings. The van der Waals surface area contributed by atoms with Crippen LogP contribution >= 0.6 is 0 Å². The first kappa shape index (κ1) is 17.4. The van der Waals surface area contributed by atoms with Crippen LogP contribution in [0.1, 0.15) is 32.3 Å². The summed E-state index contributed by atoms with van der Waals surface area (Å²) < 4.78 is 0. The molecule has 2 aromatic rings. The maximum absolute atomic E-state index is 12.1. The Morgan fingerprint density at radius 2 is 1.76 bits per heavy atom. The predicted octanol–water partition coefficient (Wildman–Crippen LogP) is 3.19. The van der Waals surface area contributed by atoms with Crippen LogP contribution in [0.4, 0.5) is 5.82 Å². The minimum Gasteiger partial charge on any atom is -0.355 e. The van der Waals surface area contributed by atoms with Gasteiger partial charge in [0.25, 0.3) is 0 Å². The van der Waals surface area contributed by atoms with Crippen LogP contribution in [0, 0.1) is 12.8 Å². The van der Waals surface area contributed by atoms with Gasteiger partial charge in [-0.05, 0) is 45.7 Å². The van der Waals surface area contributed by atoms with Crippen molar-refractivity contribution in [1.29, 1.82) is 0 Å². The summed E-state index contributed by atoms with van der Waals surface area (Å²) in [5, 5.41) is 11.8. The molecule has 5 heteroatoms. The molecule has 1 amide bonds. The van der Waals surface area contributed by atoms with E-state index in [1.54, 1.807) is 0 Å². The number of hydrogen-bond acceptors (Lipinski definition) is 4. The quantitative estimate of drug-likeness (QED) is 0.930. The molecular weight excluding hydrogens is 312 g/mol. The predicted molar refractivity (Wildman–Crippen MR) is 100 cm³/mol. The molecule has 1 aromatic heterocycles. The van der Waals surface area contributed by atoms with Gasteiger partial charge in [0.15, 0.2) is 5.82 Å². The Labute approximate surface area is 149 Å². The average molecular weight is 338 g/mol. The molecule has 1 aromatic carbocycles. The normalized spacial score (nSPS) is 15.4. The summed E-state index contributed by atoms with van der Waals surface area (Å²) in [6.07, 6.45) is 1.72. The van der Waals surface area contributed by atoms with Gasteiger partial charge in [-0.3, -0.25) is 4.79 Å². The van der Waals surface area contributed by atoms with E-state index in [1.165, 1.54) is 5.56 Å². The summed E-state index contributed by atoms with van der Waals surface area (Å²) in [5.41, 5.74) is 3.20. The molecule has 0 radical (unpaired) electrons. The summed E-state index contributed by atoms with van der Waals surface area (Å²) in [5.74, 6) is 1.17. The summed E-state index contributed by atoms with van der Waals surface area (Å²) in [4.78, 5) is 14.3. The van der Waals surface area contributed by atoms with Gasteiger partial charge < -0.3 is 10.2 Å². The van der Waals surface area contributed by atoms with Crippen LogP contribution in [-0.2, 0) is 4.79 Å². The fourth-order valence-corrected chi connectivity index (χ4v) is 3.15. The summed E-state index contributed by atoms with van der Waals surface area (Å²) in [7, 11) is 0. The second-order valence-corrected chi connectivity index (χ2v) is 7.07. The Morgan fingerprint density at radius 3 is 2.32 bits per heavy atom. The van der Waals surface area contributed by atoms with E-state index >= 15 is 0 Å². The van der Waals surface area contributed by atoms with Crippen molar-refractivity contribution in [2.24, 2.45) is 5.92 Å². The standard InChI is InChI=1S/C20H26N4O/c1-14(2)21-20(25)17-10-12-24(13-11-17)19-9-8-18(22-23-19)16-6-4-15(3)5-7-16/h4-9,14,17H,10-13H2,1-3H3,(H,21,25). The minimum absolute atomic E-state index is 0.110. The number of aromatic nitrogens is 2. The first-order valence-corrected chi connectivity index (χ1v) is 8.99. The zero-order chi connectivity index (χ0) is 17.8. The van der Waals surface area contributed by atoms with Gasteiger partial charge in [0.2, 0.25) is 5.91 Å². The van der Waals surface area contributed by atoms with Crippen LogP contribution in [0.25, 0.3) is 11.3 Å². The van der Waals surface area contributed by atoms with Gasteiger partial charge in [0.1, 0.15) is 0 Å². The molecule has 0 aliphatic carbocycles. The number of aryl methyl sites for hydroxylation is 1. The van der Waals surface area contributed by atoms with Crippen molar-refractivity contribution in [3.63, 3.8) is 0 Å². The Balaban J connectivity index is 1.60. The van der Waals surface area contributed by atoms with Crippen molar-refractivity contribution in [3.8, 4) is 11.3 Å². The van der Waals surface area contributed by atoms with Crippen LogP contribution in [0.5, 0.6) is 0 Å². The Hall–Kier alpha value is -2.43. The molecule has 1 saturated heterocycles. The third-order valence-corrected chi connectivity index (χ3v) is 4.62. The molecule has 1 N–H and O–H groups in total. The van der Waals surface area contributed by atoms with E-state index in [2.05, 4.69) is 51.6 Å². The van der Waals surface area contributed by atoms with E-state index in [9.17, 15) is 4.79 Å². The Morgan fingerprint density at radius 1 is 1.08 bits per heavy atom. The van der Waals surface area contributed by atoms with Gasteiger partial charge in [-0.1, -0.05) is 29.8 Å². The Kier molecular flexibility index (Phi) is 5.31. The van der Waals surface area contributed by atoms with E-state index in [-0.39, 0.29) is 17.9 Å². The van der Waals surface area contributed by atoms with Crippen LogP contribution < -0.4 is 10.2 Å². The van der Waals surface area contributed by atoms with Gasteiger partial charge in [-0.2, -0.15) is 0 Å². The van der Waals surface area contributed by atoms with Gasteiger partial charge >= 0.3 is 0 Å². The van der Waals surface area contributed by atoms with Crippen molar-refractivity contribution >= 4 is 11.7 Å². The highest BCUT2D eigenvalue weighted by Crippen LogP contribution is 2.23. The first-order valence-electron chi connectivity index (χ1n) is 8.99. The molecule has 0 saturated carbocycles. The minimum atomic E-state index is 0.110. The number of hydrogen-bond donors (Lipinski definition) is 1. The molecule has 132 valence electrons. The lowest BCUT2D eigenvalue weighted by Gasteiger charge is -2.32. The first-order chi connectivity index (χ1) is 12.0. The van der Waals surface area contributed by atoms with Gasteiger partial charge in [0, 0.05) is 30.6 Å². The van der Waals surface area contributed by atoms with Crippen molar-refractivity contribution in [2.45, 2.75) is 39.7 Å². The van der Waals surface area contributed by atoms with Gasteiger partial charge in [0.05, 0.1) is 5.69 Å². The molecule has 5 nitrogen and oxygen atoms in total. The average Bonchev–Trinajstić information content (AvgIpc) is 2.62. The lowest BCUT2D eigenvalue weighted by atomic mass is 9.95. The maximum Gasteiger partial charge on any atom is 0.223 e. The monoisotopic (exact) mass is 338 g/mol. The van der Waals surface area contributed by atoms with E-state index < -0.39 is 0 Å². The molecule has 3 rings (SSSR count). The molecule has 0 bridgehead atoms. The number of rotatable bonds is 4. The lowest BCUT2D eigenvalue weighted by molar-refractivity contribution is -0.126. The number of nitrogens with one attached hydrogen (secondary N) is 1. The lowest BCUT2D eigenvalue weighted by Crippen LogP contribution is -2.42. The third-order valence-electron chi connectivity index (χ3n) is 4.62. The van der Waals surface area contributed by atoms with E-state index in [1.807, 2.05) is 26.0 Å². The van der Waals surface area contributed by atoms with Gasteiger partial charge in [-0.15, -0.1) is 10.2 Å². The van der Waals surface area contributed by atoms with Gasteiger partial charge in [-0.25, -0.2) is 0 Å². The third kappa shape index (κ3) is 4.35. The molecule has 1 fully saturated rings. The summed E-state index contributed by atoms with van der Waals surface area (Å²) in [6.45, 7) is 7.75. The topological polar surface area (TPSA) is 58.1 Å². The molecule has 0 spiro atoms. The fraction of sp³-hybridized carbons (Fsp3) is 0.450. The highest BCUT2D eigenvalue weighted by molar-refractivity contribution is 5.79. The Bertz CT molecular complexity index is 701. The molecule has 0 atom stereocenters. The smallest absolute Gasteiger partial charge is 0.223 e. The molecule has 0 unspecified atom stereocenters. The number of carbonyl (C=O) groups is 1. The van der Waals surface area contributed by atoms with Crippen LogP contribution in [0.2, 0.25) is 0 Å². The highest BCUT2D eigenvalue weighted by Gasteiger charge is 2.26. The van der Waals surface area contributed by atoms with E-state index in [4.69, 9.17) is 0 Å². The van der Waals surface area contributed by atoms with Crippen molar-refractivity contribution in [1.82, 2.24) is 15.5 Å². The van der Waals surface area contributed by atoms with Crippen LogP contribution in [0.15, 0.2) is 36.4 Å². The number of amides is 1. The number of benzene rings is 1. The number of anilines is 1. The van der Waals surface area contributed by atoms with Crippen molar-refractivity contribution in [2.75, 3.05) is 18.0 Å². The zero-order valence-electron chi connectivity index (χ0n) is 15.2. The maximum atomic E-state index is 12.1. The van der Waals surface area contributed by atoms with Crippen LogP contribution in [-0.4, -0.2) is 35.2 Å². The van der Waals surface area contributed by atoms with Crippen LogP contribution in [0.3, 0.4) is 0 Å². The molecular formula is C20H26N4O. The fourth-order valence-electron chi connectivity index (χ4n) is 3.15. The SMILES string of the molecule is Cc1ccc(-c2ccc(N3CCC(C(=O)NC(C)C)CC3)nn2)cc1.